The number of hydrogen-bond donors (Lipinski definition) is 0. The van der Waals surface area contributed by atoms with Crippen molar-refractivity contribution in [3.8, 4) is 11.5 Å². The fourth-order valence-electron chi connectivity index (χ4n) is 5.21. The first-order valence-corrected chi connectivity index (χ1v) is 12.4. The number of benzene rings is 1. The lowest BCUT2D eigenvalue weighted by molar-refractivity contribution is -0.126. The molecule has 1 aromatic rings. The molecule has 2 aliphatic carbocycles. The normalized spacial score (nSPS) is 23.7. The molecule has 1 aromatic carbocycles. The molecular formula is C27H37NO5. The van der Waals surface area contributed by atoms with E-state index < -0.39 is 6.09 Å². The highest BCUT2D eigenvalue weighted by Gasteiger charge is 2.36. The van der Waals surface area contributed by atoms with Crippen LogP contribution in [0.5, 0.6) is 11.5 Å². The highest BCUT2D eigenvalue weighted by molar-refractivity contribution is 5.94. The minimum absolute atomic E-state index is 0.0671. The number of carbonyl (C=O) groups excluding carboxylic acids is 2. The predicted molar refractivity (Wildman–Crippen MR) is 127 cm³/mol. The Morgan fingerprint density at radius 1 is 1.15 bits per heavy atom. The minimum atomic E-state index is -0.537. The van der Waals surface area contributed by atoms with Crippen molar-refractivity contribution in [3.63, 3.8) is 0 Å². The second kappa shape index (κ2) is 10.6. The lowest BCUT2D eigenvalue weighted by atomic mass is 9.82. The van der Waals surface area contributed by atoms with Gasteiger partial charge in [-0.05, 0) is 80.1 Å². The van der Waals surface area contributed by atoms with Crippen molar-refractivity contribution in [3.05, 3.63) is 35.4 Å². The monoisotopic (exact) mass is 455 g/mol. The van der Waals surface area contributed by atoms with Gasteiger partial charge in [0.25, 0.3) is 0 Å². The number of amides is 2. The van der Waals surface area contributed by atoms with Gasteiger partial charge in [-0.3, -0.25) is 4.79 Å². The first-order chi connectivity index (χ1) is 15.9. The van der Waals surface area contributed by atoms with Gasteiger partial charge in [0.2, 0.25) is 5.91 Å². The summed E-state index contributed by atoms with van der Waals surface area (Å²) in [4.78, 5) is 26.5. The molecule has 0 spiro atoms. The molecule has 2 atom stereocenters. The van der Waals surface area contributed by atoms with Crippen LogP contribution in [0.15, 0.2) is 29.8 Å². The molecule has 0 radical (unpaired) electrons. The number of carbonyl (C=O) groups is 2. The number of nitrogens with zero attached hydrogens (tertiary/aromatic N) is 1. The topological polar surface area (TPSA) is 65.1 Å². The molecule has 2 fully saturated rings. The van der Waals surface area contributed by atoms with Crippen molar-refractivity contribution in [2.45, 2.75) is 77.2 Å². The molecule has 2 unspecified atom stereocenters. The molecule has 1 aliphatic heterocycles. The van der Waals surface area contributed by atoms with E-state index in [-0.39, 0.29) is 24.5 Å². The van der Waals surface area contributed by atoms with Crippen LogP contribution in [0.1, 0.15) is 76.7 Å². The van der Waals surface area contributed by atoms with Crippen LogP contribution in [0.2, 0.25) is 0 Å². The summed E-state index contributed by atoms with van der Waals surface area (Å²) < 4.78 is 17.2. The molecule has 0 aromatic heterocycles. The standard InChI is InChI=1S/C27H37NO5/c1-18(2)20-10-8-19(9-11-20)17-32-27(30)28-16-22(15-26(28)29)21-12-13-24(31-3)25(14-21)33-23-6-4-5-7-23/h8,12-14,18,20,22-23H,4-7,9-11,15-17H2,1-3H3. The summed E-state index contributed by atoms with van der Waals surface area (Å²) in [5, 5.41) is 0. The first-order valence-electron chi connectivity index (χ1n) is 12.4. The van der Waals surface area contributed by atoms with Crippen LogP contribution in [0.25, 0.3) is 0 Å². The van der Waals surface area contributed by atoms with E-state index in [1.165, 1.54) is 17.7 Å². The summed E-state index contributed by atoms with van der Waals surface area (Å²) in [5.41, 5.74) is 2.15. The van der Waals surface area contributed by atoms with Gasteiger partial charge in [0.1, 0.15) is 6.61 Å². The van der Waals surface area contributed by atoms with E-state index in [2.05, 4.69) is 19.9 Å². The molecule has 0 bridgehead atoms. The Bertz CT molecular complexity index is 886. The Morgan fingerprint density at radius 2 is 1.94 bits per heavy atom. The van der Waals surface area contributed by atoms with E-state index in [0.29, 0.717) is 30.6 Å². The smallest absolute Gasteiger partial charge is 0.416 e. The molecule has 6 nitrogen and oxygen atoms in total. The molecule has 0 N–H and O–H groups in total. The third-order valence-electron chi connectivity index (χ3n) is 7.47. The number of rotatable bonds is 7. The van der Waals surface area contributed by atoms with Crippen LogP contribution < -0.4 is 9.47 Å². The van der Waals surface area contributed by atoms with Crippen LogP contribution in [0, 0.1) is 11.8 Å². The second-order valence-corrected chi connectivity index (χ2v) is 10.0. The van der Waals surface area contributed by atoms with Gasteiger partial charge in [0.15, 0.2) is 11.5 Å². The molecule has 4 rings (SSSR count). The van der Waals surface area contributed by atoms with Gasteiger partial charge in [-0.1, -0.05) is 26.0 Å². The van der Waals surface area contributed by atoms with E-state index >= 15 is 0 Å². The molecule has 180 valence electrons. The predicted octanol–water partition coefficient (Wildman–Crippen LogP) is 5.85. The number of hydrogen-bond acceptors (Lipinski definition) is 5. The molecular weight excluding hydrogens is 418 g/mol. The molecule has 2 amide bonds. The summed E-state index contributed by atoms with van der Waals surface area (Å²) in [6, 6.07) is 5.83. The van der Waals surface area contributed by atoms with Crippen molar-refractivity contribution in [1.82, 2.24) is 4.90 Å². The number of methoxy groups -OCH3 is 1. The number of likely N-dealkylation sites (tertiary alicyclic amines) is 1. The van der Waals surface area contributed by atoms with Gasteiger partial charge in [-0.25, -0.2) is 9.69 Å². The van der Waals surface area contributed by atoms with Crippen LogP contribution in [0.3, 0.4) is 0 Å². The maximum atomic E-state index is 12.7. The summed E-state index contributed by atoms with van der Waals surface area (Å²) in [6.45, 7) is 5.12. The molecule has 1 heterocycles. The molecule has 3 aliphatic rings. The van der Waals surface area contributed by atoms with Crippen molar-refractivity contribution in [2.24, 2.45) is 11.8 Å². The van der Waals surface area contributed by atoms with E-state index in [1.807, 2.05) is 18.2 Å². The van der Waals surface area contributed by atoms with Crippen LogP contribution in [-0.2, 0) is 9.53 Å². The minimum Gasteiger partial charge on any atom is -0.493 e. The first kappa shape index (κ1) is 23.7. The molecule has 1 saturated heterocycles. The Labute approximate surface area is 197 Å². The average Bonchev–Trinajstić information content (AvgIpc) is 3.47. The zero-order chi connectivity index (χ0) is 23.4. The maximum Gasteiger partial charge on any atom is 0.416 e. The lowest BCUT2D eigenvalue weighted by Gasteiger charge is -2.25. The van der Waals surface area contributed by atoms with Gasteiger partial charge < -0.3 is 14.2 Å². The van der Waals surface area contributed by atoms with Crippen molar-refractivity contribution < 1.29 is 23.8 Å². The Morgan fingerprint density at radius 3 is 2.61 bits per heavy atom. The van der Waals surface area contributed by atoms with Gasteiger partial charge in [0.05, 0.1) is 13.2 Å². The van der Waals surface area contributed by atoms with Crippen molar-refractivity contribution in [1.29, 1.82) is 0 Å². The van der Waals surface area contributed by atoms with Gasteiger partial charge in [-0.2, -0.15) is 0 Å². The van der Waals surface area contributed by atoms with Crippen LogP contribution >= 0.6 is 0 Å². The summed E-state index contributed by atoms with van der Waals surface area (Å²) in [6.07, 6.45) is 9.82. The van der Waals surface area contributed by atoms with Crippen molar-refractivity contribution in [2.75, 3.05) is 20.3 Å². The molecule has 6 heteroatoms. The Kier molecular flexibility index (Phi) is 7.61. The quantitative estimate of drug-likeness (QED) is 0.483. The van der Waals surface area contributed by atoms with E-state index in [0.717, 1.165) is 49.0 Å². The summed E-state index contributed by atoms with van der Waals surface area (Å²) in [7, 11) is 1.64. The lowest BCUT2D eigenvalue weighted by Crippen LogP contribution is -2.33. The van der Waals surface area contributed by atoms with Crippen LogP contribution in [-0.4, -0.2) is 43.3 Å². The highest BCUT2D eigenvalue weighted by Crippen LogP contribution is 2.37. The number of ether oxygens (including phenoxy) is 3. The Balaban J connectivity index is 1.35. The third kappa shape index (κ3) is 5.71. The molecule has 1 saturated carbocycles. The molecule has 33 heavy (non-hydrogen) atoms. The number of allylic oxidation sites excluding steroid dienone is 1. The Hall–Kier alpha value is -2.50. The summed E-state index contributed by atoms with van der Waals surface area (Å²) >= 11 is 0. The van der Waals surface area contributed by atoms with E-state index in [1.54, 1.807) is 7.11 Å². The zero-order valence-corrected chi connectivity index (χ0v) is 20.2. The van der Waals surface area contributed by atoms with Gasteiger partial charge in [-0.15, -0.1) is 0 Å². The van der Waals surface area contributed by atoms with Crippen LogP contribution in [0.4, 0.5) is 4.79 Å². The fourth-order valence-corrected chi connectivity index (χ4v) is 5.21. The zero-order valence-electron chi connectivity index (χ0n) is 20.2. The summed E-state index contributed by atoms with van der Waals surface area (Å²) in [5.74, 6) is 2.55. The van der Waals surface area contributed by atoms with Gasteiger partial charge in [0, 0.05) is 18.9 Å². The highest BCUT2D eigenvalue weighted by atomic mass is 16.6. The number of imide groups is 1. The maximum absolute atomic E-state index is 12.7. The van der Waals surface area contributed by atoms with Crippen molar-refractivity contribution >= 4 is 12.0 Å². The second-order valence-electron chi connectivity index (χ2n) is 10.0. The van der Waals surface area contributed by atoms with E-state index in [4.69, 9.17) is 14.2 Å². The third-order valence-corrected chi connectivity index (χ3v) is 7.47. The largest absolute Gasteiger partial charge is 0.493 e. The SMILES string of the molecule is COc1ccc(C2CC(=O)N(C(=O)OCC3=CCC(C(C)C)CC3)C2)cc1OC1CCCC1. The fraction of sp³-hybridized carbons (Fsp3) is 0.630. The average molecular weight is 456 g/mol. The van der Waals surface area contributed by atoms with Gasteiger partial charge >= 0.3 is 6.09 Å². The van der Waals surface area contributed by atoms with E-state index in [9.17, 15) is 9.59 Å².